The molecule has 37 heavy (non-hydrogen) atoms. The van der Waals surface area contributed by atoms with Crippen molar-refractivity contribution in [3.05, 3.63) is 41.6 Å². The molecule has 2 N–H and O–H groups in total. The van der Waals surface area contributed by atoms with Crippen LogP contribution in [0.1, 0.15) is 30.9 Å². The third kappa shape index (κ3) is 6.89. The largest absolute Gasteiger partial charge is 0.416 e. The standard InChI is InChI=1S/C24H32F3N7O2S/c1-17(35)28-20-5-8-32(9-6-20)21-15-19(24(25,26)27)4-3-18(21)16-31-11-13-33(14-12-31)23(36)34-10-7-22(29-34)30-37-2/h3-4,7,10,15,20H,5-6,8-9,11-14,16H2,1-2H3,(H,28,35)(H,29,30). The molecule has 0 radical (unpaired) electrons. The maximum absolute atomic E-state index is 13.5. The maximum atomic E-state index is 13.5. The van der Waals surface area contributed by atoms with E-state index in [1.165, 1.54) is 29.6 Å². The fraction of sp³-hybridized carbons (Fsp3) is 0.542. The summed E-state index contributed by atoms with van der Waals surface area (Å²) in [6.07, 6.45) is 0.424. The van der Waals surface area contributed by atoms with Gasteiger partial charge >= 0.3 is 12.2 Å². The number of amides is 2. The number of benzene rings is 1. The van der Waals surface area contributed by atoms with Gasteiger partial charge < -0.3 is 19.8 Å². The number of alkyl halides is 3. The molecule has 2 saturated heterocycles. The summed E-state index contributed by atoms with van der Waals surface area (Å²) >= 11 is 1.39. The van der Waals surface area contributed by atoms with Crippen LogP contribution in [0.4, 0.5) is 29.5 Å². The first-order chi connectivity index (χ1) is 17.6. The van der Waals surface area contributed by atoms with E-state index in [0.717, 1.165) is 11.6 Å². The number of piperidine rings is 1. The molecule has 3 heterocycles. The highest BCUT2D eigenvalue weighted by Gasteiger charge is 2.33. The normalized spacial score (nSPS) is 17.6. The Bertz CT molecular complexity index is 1090. The molecule has 4 rings (SSSR count). The van der Waals surface area contributed by atoms with Crippen LogP contribution in [0.25, 0.3) is 0 Å². The number of piperazine rings is 1. The fourth-order valence-electron chi connectivity index (χ4n) is 4.79. The molecule has 0 bridgehead atoms. The molecule has 0 unspecified atom stereocenters. The number of carbonyl (C=O) groups is 2. The second-order valence-corrected chi connectivity index (χ2v) is 9.91. The molecule has 0 atom stereocenters. The van der Waals surface area contributed by atoms with Gasteiger partial charge in [0.1, 0.15) is 0 Å². The third-order valence-corrected chi connectivity index (χ3v) is 7.10. The summed E-state index contributed by atoms with van der Waals surface area (Å²) in [7, 11) is 0. The second-order valence-electron chi connectivity index (χ2n) is 9.30. The lowest BCUT2D eigenvalue weighted by atomic mass is 10.0. The highest BCUT2D eigenvalue weighted by molar-refractivity contribution is 7.99. The van der Waals surface area contributed by atoms with Gasteiger partial charge in [-0.25, -0.2) is 4.79 Å². The number of nitrogens with zero attached hydrogens (tertiary/aromatic N) is 5. The van der Waals surface area contributed by atoms with Gasteiger partial charge in [0.05, 0.1) is 5.56 Å². The first-order valence-corrected chi connectivity index (χ1v) is 13.4. The van der Waals surface area contributed by atoms with Gasteiger partial charge in [-0.15, -0.1) is 5.10 Å². The highest BCUT2D eigenvalue weighted by Crippen LogP contribution is 2.35. The third-order valence-electron chi connectivity index (χ3n) is 6.68. The number of hydrogen-bond acceptors (Lipinski definition) is 7. The molecule has 0 aliphatic carbocycles. The van der Waals surface area contributed by atoms with Gasteiger partial charge in [-0.1, -0.05) is 18.0 Å². The minimum absolute atomic E-state index is 0.0380. The van der Waals surface area contributed by atoms with E-state index in [1.807, 2.05) is 11.2 Å². The van der Waals surface area contributed by atoms with Crippen molar-refractivity contribution in [1.82, 2.24) is 24.9 Å². The lowest BCUT2D eigenvalue weighted by molar-refractivity contribution is -0.137. The van der Waals surface area contributed by atoms with Crippen LogP contribution in [0.15, 0.2) is 30.5 Å². The average molecular weight is 540 g/mol. The molecule has 2 aliphatic heterocycles. The Morgan fingerprint density at radius 1 is 1.08 bits per heavy atom. The number of hydrogen-bond donors (Lipinski definition) is 2. The average Bonchev–Trinajstić information content (AvgIpc) is 3.33. The predicted molar refractivity (Wildman–Crippen MR) is 138 cm³/mol. The van der Waals surface area contributed by atoms with Gasteiger partial charge in [-0.3, -0.25) is 9.69 Å². The topological polar surface area (TPSA) is 85.7 Å². The zero-order chi connectivity index (χ0) is 26.6. The lowest BCUT2D eigenvalue weighted by Gasteiger charge is -2.37. The summed E-state index contributed by atoms with van der Waals surface area (Å²) in [4.78, 5) is 30.1. The molecule has 2 aliphatic rings. The van der Waals surface area contributed by atoms with Gasteiger partial charge in [0.15, 0.2) is 5.82 Å². The van der Waals surface area contributed by atoms with Crippen LogP contribution in [0, 0.1) is 0 Å². The summed E-state index contributed by atoms with van der Waals surface area (Å²) in [5.41, 5.74) is 0.741. The van der Waals surface area contributed by atoms with E-state index < -0.39 is 11.7 Å². The van der Waals surface area contributed by atoms with Crippen molar-refractivity contribution in [2.45, 2.75) is 38.5 Å². The van der Waals surface area contributed by atoms with Crippen molar-refractivity contribution < 1.29 is 22.8 Å². The van der Waals surface area contributed by atoms with E-state index >= 15 is 0 Å². The Kier molecular flexibility index (Phi) is 8.53. The van der Waals surface area contributed by atoms with E-state index in [1.54, 1.807) is 23.2 Å². The van der Waals surface area contributed by atoms with Crippen molar-refractivity contribution in [3.8, 4) is 0 Å². The van der Waals surface area contributed by atoms with Crippen LogP contribution in [-0.2, 0) is 17.5 Å². The van der Waals surface area contributed by atoms with Crippen LogP contribution in [0.2, 0.25) is 0 Å². The molecule has 0 spiro atoms. The van der Waals surface area contributed by atoms with E-state index in [0.29, 0.717) is 70.2 Å². The fourth-order valence-corrected chi connectivity index (χ4v) is 5.11. The quantitative estimate of drug-likeness (QED) is 0.544. The Morgan fingerprint density at radius 2 is 1.78 bits per heavy atom. The first-order valence-electron chi connectivity index (χ1n) is 12.2. The summed E-state index contributed by atoms with van der Waals surface area (Å²) in [6, 6.07) is 5.52. The second kappa shape index (κ2) is 11.6. The minimum Gasteiger partial charge on any atom is -0.371 e. The van der Waals surface area contributed by atoms with Crippen LogP contribution in [0.3, 0.4) is 0 Å². The van der Waals surface area contributed by atoms with Gasteiger partial charge in [0.25, 0.3) is 0 Å². The number of rotatable bonds is 6. The summed E-state index contributed by atoms with van der Waals surface area (Å²) in [5, 5.41) is 7.14. The van der Waals surface area contributed by atoms with Crippen molar-refractivity contribution in [3.63, 3.8) is 0 Å². The molecule has 9 nitrogen and oxygen atoms in total. The minimum atomic E-state index is -4.43. The van der Waals surface area contributed by atoms with E-state index in [9.17, 15) is 22.8 Å². The number of halogens is 3. The van der Waals surface area contributed by atoms with Crippen molar-refractivity contribution >= 4 is 35.4 Å². The number of carbonyl (C=O) groups excluding carboxylic acids is 2. The summed E-state index contributed by atoms with van der Waals surface area (Å²) in [6.45, 7) is 5.31. The number of anilines is 2. The predicted octanol–water partition coefficient (Wildman–Crippen LogP) is 3.48. The van der Waals surface area contributed by atoms with E-state index in [4.69, 9.17) is 0 Å². The SMILES string of the molecule is CSNc1ccn(C(=O)N2CCN(Cc3ccc(C(F)(F)F)cc3N3CCC(NC(C)=O)CC3)CC2)n1. The van der Waals surface area contributed by atoms with E-state index in [-0.39, 0.29) is 18.0 Å². The van der Waals surface area contributed by atoms with Crippen LogP contribution < -0.4 is 14.9 Å². The van der Waals surface area contributed by atoms with Crippen molar-refractivity contribution in [2.75, 3.05) is 55.1 Å². The van der Waals surface area contributed by atoms with Crippen molar-refractivity contribution in [1.29, 1.82) is 0 Å². The Labute approximate surface area is 218 Å². The van der Waals surface area contributed by atoms with Crippen LogP contribution in [0.5, 0.6) is 0 Å². The molecule has 202 valence electrons. The summed E-state index contributed by atoms with van der Waals surface area (Å²) < 4.78 is 44.8. The molecular formula is C24H32F3N7O2S. The maximum Gasteiger partial charge on any atom is 0.416 e. The van der Waals surface area contributed by atoms with Gasteiger partial charge in [-0.2, -0.15) is 17.9 Å². The molecule has 1 aromatic heterocycles. The molecular weight excluding hydrogens is 507 g/mol. The summed E-state index contributed by atoms with van der Waals surface area (Å²) in [5.74, 6) is 0.510. The van der Waals surface area contributed by atoms with Crippen LogP contribution >= 0.6 is 11.9 Å². The lowest BCUT2D eigenvalue weighted by Crippen LogP contribution is -2.49. The zero-order valence-corrected chi connectivity index (χ0v) is 21.7. The Balaban J connectivity index is 1.41. The monoisotopic (exact) mass is 539 g/mol. The molecule has 0 saturated carbocycles. The van der Waals surface area contributed by atoms with Gasteiger partial charge in [0, 0.05) is 83.0 Å². The number of nitrogens with one attached hydrogen (secondary N) is 2. The first kappa shape index (κ1) is 27.1. The molecule has 1 aromatic carbocycles. The number of aromatic nitrogens is 2. The Morgan fingerprint density at radius 3 is 2.41 bits per heavy atom. The highest BCUT2D eigenvalue weighted by atomic mass is 32.2. The molecule has 2 fully saturated rings. The molecule has 2 amide bonds. The molecule has 13 heteroatoms. The Hall–Kier alpha value is -2.93. The van der Waals surface area contributed by atoms with Crippen molar-refractivity contribution in [2.24, 2.45) is 0 Å². The molecule has 2 aromatic rings. The van der Waals surface area contributed by atoms with Crippen LogP contribution in [-0.4, -0.2) is 83.1 Å². The van der Waals surface area contributed by atoms with Gasteiger partial charge in [0.2, 0.25) is 5.91 Å². The smallest absolute Gasteiger partial charge is 0.371 e. The van der Waals surface area contributed by atoms with Gasteiger partial charge in [-0.05, 0) is 30.5 Å². The zero-order valence-electron chi connectivity index (χ0n) is 20.9. The van der Waals surface area contributed by atoms with E-state index in [2.05, 4.69) is 20.0 Å².